The number of hydrogen-bond acceptors (Lipinski definition) is 5. The summed E-state index contributed by atoms with van der Waals surface area (Å²) < 4.78 is 25.6. The minimum absolute atomic E-state index is 0. The van der Waals surface area contributed by atoms with Crippen molar-refractivity contribution in [3.05, 3.63) is 30.1 Å². The van der Waals surface area contributed by atoms with E-state index >= 15 is 0 Å². The zero-order valence-electron chi connectivity index (χ0n) is 15.0. The first-order valence-electron chi connectivity index (χ1n) is 8.62. The van der Waals surface area contributed by atoms with E-state index in [1.165, 1.54) is 4.40 Å². The molecule has 1 saturated heterocycles. The second-order valence-electron chi connectivity index (χ2n) is 6.45. The number of halogens is 1. The fourth-order valence-electron chi connectivity index (χ4n) is 3.37. The molecule has 2 aromatic rings. The number of piperidine rings is 1. The van der Waals surface area contributed by atoms with Crippen LogP contribution in [-0.4, -0.2) is 60.5 Å². The highest BCUT2D eigenvalue weighted by Gasteiger charge is 2.30. The van der Waals surface area contributed by atoms with Gasteiger partial charge in [0.2, 0.25) is 15.0 Å². The molecule has 3 rings (SSSR count). The highest BCUT2D eigenvalue weighted by atomic mass is 35.5. The molecule has 0 saturated carbocycles. The Labute approximate surface area is 160 Å². The van der Waals surface area contributed by atoms with E-state index in [0.717, 1.165) is 38.6 Å². The van der Waals surface area contributed by atoms with Crippen molar-refractivity contribution in [2.24, 2.45) is 0 Å². The molecule has 144 valence electrons. The summed E-state index contributed by atoms with van der Waals surface area (Å²) in [4.78, 5) is 19.3. The third-order valence-electron chi connectivity index (χ3n) is 4.53. The lowest BCUT2D eigenvalue weighted by Gasteiger charge is -2.34. The number of aromatic nitrogens is 2. The lowest BCUT2D eigenvalue weighted by Crippen LogP contribution is -2.46. The number of carbonyl (C=O) groups excluding carboxylic acids is 1. The molecule has 26 heavy (non-hydrogen) atoms. The number of imidazole rings is 1. The molecule has 0 radical (unpaired) electrons. The topological polar surface area (TPSA) is 83.8 Å². The zero-order chi connectivity index (χ0) is 18.0. The van der Waals surface area contributed by atoms with E-state index in [2.05, 4.69) is 10.3 Å². The smallest absolute Gasteiger partial charge is 0.275 e. The van der Waals surface area contributed by atoms with Crippen LogP contribution in [0.15, 0.2) is 29.6 Å². The first-order valence-corrected chi connectivity index (χ1v) is 10.5. The van der Waals surface area contributed by atoms with Crippen molar-refractivity contribution in [2.75, 3.05) is 25.9 Å². The average molecular weight is 401 g/mol. The zero-order valence-corrected chi connectivity index (χ0v) is 16.6. The van der Waals surface area contributed by atoms with Crippen LogP contribution >= 0.6 is 12.4 Å². The van der Waals surface area contributed by atoms with Gasteiger partial charge < -0.3 is 10.2 Å². The summed E-state index contributed by atoms with van der Waals surface area (Å²) in [5, 5.41) is 3.22. The first-order chi connectivity index (χ1) is 11.9. The Balaban J connectivity index is 0.00000243. The van der Waals surface area contributed by atoms with Crippen molar-refractivity contribution in [3.8, 4) is 0 Å². The van der Waals surface area contributed by atoms with E-state index in [9.17, 15) is 13.2 Å². The van der Waals surface area contributed by atoms with Crippen LogP contribution in [-0.2, 0) is 9.84 Å². The van der Waals surface area contributed by atoms with Gasteiger partial charge in [-0.25, -0.2) is 13.4 Å². The number of carbonyl (C=O) groups is 1. The van der Waals surface area contributed by atoms with Gasteiger partial charge in [-0.1, -0.05) is 13.0 Å². The van der Waals surface area contributed by atoms with Crippen molar-refractivity contribution in [1.82, 2.24) is 19.6 Å². The lowest BCUT2D eigenvalue weighted by atomic mass is 10.0. The number of hydrogen-bond donors (Lipinski definition) is 1. The van der Waals surface area contributed by atoms with Crippen molar-refractivity contribution in [1.29, 1.82) is 0 Å². The van der Waals surface area contributed by atoms with Gasteiger partial charge in [0.25, 0.3) is 5.91 Å². The third kappa shape index (κ3) is 4.02. The summed E-state index contributed by atoms with van der Waals surface area (Å²) >= 11 is 0. The predicted molar refractivity (Wildman–Crippen MR) is 103 cm³/mol. The maximum atomic E-state index is 13.2. The van der Waals surface area contributed by atoms with Crippen molar-refractivity contribution >= 4 is 33.7 Å². The molecule has 1 aliphatic rings. The standard InChI is InChI=1S/C17H24N4O3S.ClH/c1-3-11-20(13-7-9-18-10-8-13)16(22)15-14-6-4-5-12-21(14)17(19-15)25(2,23)24;/h4-6,12-13,18H,3,7-11H2,1-2H3;1H. The molecule has 9 heteroatoms. The summed E-state index contributed by atoms with van der Waals surface area (Å²) in [6.45, 7) is 4.45. The molecule has 3 heterocycles. The maximum absolute atomic E-state index is 13.2. The SMILES string of the molecule is CCCN(C(=O)c1nc(S(C)(=O)=O)n2ccccc12)C1CCNCC1.Cl. The van der Waals surface area contributed by atoms with Gasteiger partial charge in [-0.05, 0) is 44.5 Å². The van der Waals surface area contributed by atoms with E-state index in [-0.39, 0.29) is 35.2 Å². The molecule has 1 fully saturated rings. The van der Waals surface area contributed by atoms with Gasteiger partial charge in [0, 0.05) is 25.0 Å². The van der Waals surface area contributed by atoms with Gasteiger partial charge in [0.05, 0.1) is 5.52 Å². The van der Waals surface area contributed by atoms with Crippen LogP contribution in [0.4, 0.5) is 0 Å². The lowest BCUT2D eigenvalue weighted by molar-refractivity contribution is 0.0639. The number of rotatable bonds is 5. The maximum Gasteiger partial charge on any atom is 0.275 e. The minimum atomic E-state index is -3.53. The number of fused-ring (bicyclic) bond motifs is 1. The van der Waals surface area contributed by atoms with Crippen LogP contribution in [0.2, 0.25) is 0 Å². The van der Waals surface area contributed by atoms with Crippen molar-refractivity contribution in [2.45, 2.75) is 37.4 Å². The van der Waals surface area contributed by atoms with Crippen LogP contribution in [0.25, 0.3) is 5.52 Å². The summed E-state index contributed by atoms with van der Waals surface area (Å²) in [6, 6.07) is 5.42. The quantitative estimate of drug-likeness (QED) is 0.826. The molecule has 0 unspecified atom stereocenters. The molecule has 0 aromatic carbocycles. The van der Waals surface area contributed by atoms with Gasteiger partial charge in [-0.15, -0.1) is 12.4 Å². The molecule has 1 N–H and O–H groups in total. The Bertz CT molecular complexity index is 875. The van der Waals surface area contributed by atoms with Crippen molar-refractivity contribution in [3.63, 3.8) is 0 Å². The molecule has 0 bridgehead atoms. The molecular weight excluding hydrogens is 376 g/mol. The van der Waals surface area contributed by atoms with Gasteiger partial charge in [0.1, 0.15) is 0 Å². The molecule has 0 spiro atoms. The van der Waals surface area contributed by atoms with Gasteiger partial charge >= 0.3 is 0 Å². The fourth-order valence-corrected chi connectivity index (χ4v) is 4.15. The highest BCUT2D eigenvalue weighted by Crippen LogP contribution is 2.21. The van der Waals surface area contributed by atoms with E-state index < -0.39 is 9.84 Å². The fraction of sp³-hybridized carbons (Fsp3) is 0.529. The Morgan fingerprint density at radius 1 is 1.35 bits per heavy atom. The van der Waals surface area contributed by atoms with E-state index in [1.54, 1.807) is 24.4 Å². The van der Waals surface area contributed by atoms with E-state index in [1.807, 2.05) is 11.8 Å². The second-order valence-corrected chi connectivity index (χ2v) is 8.36. The number of nitrogens with one attached hydrogen (secondary N) is 1. The first kappa shape index (κ1) is 20.7. The highest BCUT2D eigenvalue weighted by molar-refractivity contribution is 7.90. The van der Waals surface area contributed by atoms with Crippen molar-refractivity contribution < 1.29 is 13.2 Å². The predicted octanol–water partition coefficient (Wildman–Crippen LogP) is 1.76. The molecule has 1 amide bonds. The monoisotopic (exact) mass is 400 g/mol. The molecular formula is C17H25ClN4O3S. The molecule has 1 aliphatic heterocycles. The number of amides is 1. The second kappa shape index (κ2) is 8.37. The number of pyridine rings is 1. The Morgan fingerprint density at radius 2 is 2.04 bits per heavy atom. The van der Waals surface area contributed by atoms with Crippen LogP contribution in [0.1, 0.15) is 36.7 Å². The van der Waals surface area contributed by atoms with Crippen LogP contribution in [0.3, 0.4) is 0 Å². The Hall–Kier alpha value is -1.64. The van der Waals surface area contributed by atoms with Gasteiger partial charge in [0.15, 0.2) is 5.69 Å². The number of nitrogens with zero attached hydrogens (tertiary/aromatic N) is 3. The van der Waals surface area contributed by atoms with Crippen LogP contribution in [0.5, 0.6) is 0 Å². The summed E-state index contributed by atoms with van der Waals surface area (Å²) in [5.41, 5.74) is 0.746. The number of sulfone groups is 1. The van der Waals surface area contributed by atoms with E-state index in [4.69, 9.17) is 0 Å². The average Bonchev–Trinajstić information content (AvgIpc) is 3.00. The Kier molecular flexibility index (Phi) is 6.65. The van der Waals surface area contributed by atoms with E-state index in [0.29, 0.717) is 12.1 Å². The van der Waals surface area contributed by atoms with Crippen LogP contribution in [0, 0.1) is 0 Å². The minimum Gasteiger partial charge on any atom is -0.334 e. The largest absolute Gasteiger partial charge is 0.334 e. The summed E-state index contributed by atoms with van der Waals surface area (Å²) in [6.07, 6.45) is 5.39. The molecule has 7 nitrogen and oxygen atoms in total. The normalized spacial score (nSPS) is 15.6. The summed E-state index contributed by atoms with van der Waals surface area (Å²) in [7, 11) is -3.53. The van der Waals surface area contributed by atoms with Gasteiger partial charge in [-0.2, -0.15) is 0 Å². The third-order valence-corrected chi connectivity index (χ3v) is 5.48. The molecule has 2 aromatic heterocycles. The molecule has 0 atom stereocenters. The summed E-state index contributed by atoms with van der Waals surface area (Å²) in [5.74, 6) is -0.188. The molecule has 0 aliphatic carbocycles. The Morgan fingerprint density at radius 3 is 2.65 bits per heavy atom. The van der Waals surface area contributed by atoms with Crippen LogP contribution < -0.4 is 5.32 Å². The van der Waals surface area contributed by atoms with Gasteiger partial charge in [-0.3, -0.25) is 9.20 Å².